The van der Waals surface area contributed by atoms with Gasteiger partial charge >= 0.3 is 5.97 Å². The van der Waals surface area contributed by atoms with Crippen LogP contribution in [0.1, 0.15) is 20.0 Å². The number of ether oxygens (including phenoxy) is 1. The monoisotopic (exact) mass is 313 g/mol. The average molecular weight is 313 g/mol. The summed E-state index contributed by atoms with van der Waals surface area (Å²) in [5.74, 6) is -0.275. The van der Waals surface area contributed by atoms with E-state index in [0.29, 0.717) is 21.9 Å². The number of hydrogen-bond donors (Lipinski definition) is 1. The molecule has 5 nitrogen and oxygen atoms in total. The van der Waals surface area contributed by atoms with Crippen molar-refractivity contribution in [2.24, 2.45) is 0 Å². The van der Waals surface area contributed by atoms with Crippen LogP contribution in [0, 0.1) is 0 Å². The molecule has 1 N–H and O–H groups in total. The van der Waals surface area contributed by atoms with Crippen molar-refractivity contribution in [2.75, 3.05) is 5.32 Å². The van der Waals surface area contributed by atoms with Crippen molar-refractivity contribution in [3.63, 3.8) is 0 Å². The molecule has 3 aromatic rings. The van der Waals surface area contributed by atoms with E-state index in [1.807, 2.05) is 11.4 Å². The summed E-state index contributed by atoms with van der Waals surface area (Å²) in [5.41, 5.74) is 0.969. The molecule has 2 aromatic heterocycles. The van der Waals surface area contributed by atoms with Crippen LogP contribution in [0.25, 0.3) is 0 Å². The largest absolute Gasteiger partial charge is 0.472 e. The Bertz CT molecular complexity index is 694. The van der Waals surface area contributed by atoms with E-state index in [9.17, 15) is 9.59 Å². The molecule has 0 fully saturated rings. The minimum Gasteiger partial charge on any atom is -0.472 e. The van der Waals surface area contributed by atoms with Crippen molar-refractivity contribution < 1.29 is 18.7 Å². The van der Waals surface area contributed by atoms with Crippen LogP contribution in [0.3, 0.4) is 0 Å². The fourth-order valence-electron chi connectivity index (χ4n) is 1.75. The van der Waals surface area contributed by atoms with Gasteiger partial charge in [0.05, 0.1) is 16.7 Å². The number of hydrogen-bond acceptors (Lipinski definition) is 5. The number of furan rings is 1. The molecule has 0 saturated carbocycles. The third kappa shape index (κ3) is 3.24. The predicted molar refractivity (Wildman–Crippen MR) is 82.4 cm³/mol. The highest BCUT2D eigenvalue weighted by Crippen LogP contribution is 2.19. The number of anilines is 1. The first-order valence-electron chi connectivity index (χ1n) is 6.42. The molecule has 3 rings (SSSR count). The number of amides is 1. The maximum atomic E-state index is 11.9. The van der Waals surface area contributed by atoms with E-state index in [-0.39, 0.29) is 5.91 Å². The number of carbonyl (C=O) groups is 2. The number of esters is 1. The summed E-state index contributed by atoms with van der Waals surface area (Å²) in [6, 6.07) is 11.7. The van der Waals surface area contributed by atoms with Crippen LogP contribution in [0.15, 0.2) is 64.8 Å². The Morgan fingerprint density at radius 2 is 1.91 bits per heavy atom. The van der Waals surface area contributed by atoms with Gasteiger partial charge in [-0.25, -0.2) is 4.79 Å². The molecule has 0 unspecified atom stereocenters. The van der Waals surface area contributed by atoms with Gasteiger partial charge in [-0.15, -0.1) is 11.3 Å². The Morgan fingerprint density at radius 3 is 2.55 bits per heavy atom. The van der Waals surface area contributed by atoms with Crippen molar-refractivity contribution in [1.82, 2.24) is 0 Å². The first-order chi connectivity index (χ1) is 10.7. The zero-order chi connectivity index (χ0) is 15.4. The number of thiophene rings is 1. The lowest BCUT2D eigenvalue weighted by Gasteiger charge is -2.06. The van der Waals surface area contributed by atoms with Gasteiger partial charge in [-0.2, -0.15) is 0 Å². The van der Waals surface area contributed by atoms with Crippen LogP contribution >= 0.6 is 11.3 Å². The molecule has 0 radical (unpaired) electrons. The van der Waals surface area contributed by atoms with Gasteiger partial charge in [0.2, 0.25) is 0 Å². The van der Waals surface area contributed by atoms with E-state index >= 15 is 0 Å². The van der Waals surface area contributed by atoms with E-state index in [1.54, 1.807) is 30.3 Å². The van der Waals surface area contributed by atoms with Crippen molar-refractivity contribution in [1.29, 1.82) is 0 Å². The van der Waals surface area contributed by atoms with Gasteiger partial charge in [0.25, 0.3) is 5.91 Å². The van der Waals surface area contributed by atoms with Crippen LogP contribution in [0.2, 0.25) is 0 Å². The number of carbonyl (C=O) groups excluding carboxylic acids is 2. The van der Waals surface area contributed by atoms with Crippen molar-refractivity contribution >= 4 is 28.9 Å². The topological polar surface area (TPSA) is 68.5 Å². The molecule has 0 atom stereocenters. The molecular weight excluding hydrogens is 302 g/mol. The van der Waals surface area contributed by atoms with Crippen LogP contribution in [0.5, 0.6) is 5.75 Å². The average Bonchev–Trinajstić information content (AvgIpc) is 3.23. The highest BCUT2D eigenvalue weighted by atomic mass is 32.1. The molecule has 0 saturated heterocycles. The van der Waals surface area contributed by atoms with Crippen molar-refractivity contribution in [2.45, 2.75) is 0 Å². The summed E-state index contributed by atoms with van der Waals surface area (Å²) >= 11 is 1.37. The van der Waals surface area contributed by atoms with Gasteiger partial charge in [0, 0.05) is 5.69 Å². The zero-order valence-corrected chi connectivity index (χ0v) is 12.1. The smallest absolute Gasteiger partial charge is 0.346 e. The highest BCUT2D eigenvalue weighted by Gasteiger charge is 2.10. The normalized spacial score (nSPS) is 10.2. The predicted octanol–water partition coefficient (Wildman–Crippen LogP) is 3.81. The molecule has 0 aliphatic heterocycles. The van der Waals surface area contributed by atoms with Crippen molar-refractivity contribution in [3.05, 3.63) is 70.8 Å². The van der Waals surface area contributed by atoms with Gasteiger partial charge in [-0.05, 0) is 41.8 Å². The Labute approximate surface area is 130 Å². The van der Waals surface area contributed by atoms with Crippen LogP contribution in [-0.2, 0) is 0 Å². The minimum atomic E-state index is -0.496. The summed E-state index contributed by atoms with van der Waals surface area (Å²) in [5, 5.41) is 4.61. The van der Waals surface area contributed by atoms with Crippen LogP contribution in [0.4, 0.5) is 5.69 Å². The zero-order valence-electron chi connectivity index (χ0n) is 11.3. The van der Waals surface area contributed by atoms with Crippen LogP contribution < -0.4 is 10.1 Å². The fourth-order valence-corrected chi connectivity index (χ4v) is 2.37. The van der Waals surface area contributed by atoms with Crippen LogP contribution in [-0.4, -0.2) is 11.9 Å². The molecule has 0 aliphatic rings. The molecular formula is C16H11NO4S. The van der Waals surface area contributed by atoms with Gasteiger partial charge in [-0.3, -0.25) is 4.79 Å². The number of nitrogens with one attached hydrogen (secondary N) is 1. The maximum absolute atomic E-state index is 11.9. The first-order valence-corrected chi connectivity index (χ1v) is 7.29. The second-order valence-electron chi connectivity index (χ2n) is 4.36. The molecule has 22 heavy (non-hydrogen) atoms. The molecule has 2 heterocycles. The Hall–Kier alpha value is -2.86. The molecule has 1 aromatic carbocycles. The van der Waals surface area contributed by atoms with E-state index in [2.05, 4.69) is 5.32 Å². The lowest BCUT2D eigenvalue weighted by Crippen LogP contribution is -2.10. The third-order valence-electron chi connectivity index (χ3n) is 2.82. The Morgan fingerprint density at radius 1 is 1.09 bits per heavy atom. The summed E-state index contributed by atoms with van der Waals surface area (Å²) in [7, 11) is 0. The Kier molecular flexibility index (Phi) is 4.02. The second-order valence-corrected chi connectivity index (χ2v) is 5.31. The summed E-state index contributed by atoms with van der Waals surface area (Å²) in [6.07, 6.45) is 2.72. The summed E-state index contributed by atoms with van der Waals surface area (Å²) in [4.78, 5) is 24.3. The van der Waals surface area contributed by atoms with Gasteiger partial charge in [0.15, 0.2) is 0 Å². The third-order valence-corrected chi connectivity index (χ3v) is 3.69. The van der Waals surface area contributed by atoms with E-state index in [0.717, 1.165) is 0 Å². The lowest BCUT2D eigenvalue weighted by molar-refractivity contribution is 0.0733. The summed E-state index contributed by atoms with van der Waals surface area (Å²) < 4.78 is 10.0. The minimum absolute atomic E-state index is 0.168. The maximum Gasteiger partial charge on any atom is 0.346 e. The number of benzene rings is 1. The van der Waals surface area contributed by atoms with E-state index in [1.165, 1.54) is 29.9 Å². The molecule has 110 valence electrons. The summed E-state index contributed by atoms with van der Waals surface area (Å²) in [6.45, 7) is 0. The first kappa shape index (κ1) is 14.1. The van der Waals surface area contributed by atoms with Crippen molar-refractivity contribution in [3.8, 4) is 5.75 Å². The molecule has 0 aliphatic carbocycles. The standard InChI is InChI=1S/C16H11NO4S/c18-15(14-2-1-9-22-14)17-12-3-5-13(6-4-12)21-16(19)11-7-8-20-10-11/h1-10H,(H,17,18). The molecule has 6 heteroatoms. The van der Waals surface area contributed by atoms with Gasteiger partial charge in [0.1, 0.15) is 12.0 Å². The SMILES string of the molecule is O=C(Oc1ccc(NC(=O)c2cccs2)cc1)c1ccoc1. The van der Waals surface area contributed by atoms with E-state index < -0.39 is 5.97 Å². The molecule has 0 spiro atoms. The lowest BCUT2D eigenvalue weighted by atomic mass is 10.3. The van der Waals surface area contributed by atoms with Gasteiger partial charge < -0.3 is 14.5 Å². The Balaban J connectivity index is 1.63. The second kappa shape index (κ2) is 6.28. The highest BCUT2D eigenvalue weighted by molar-refractivity contribution is 7.12. The fraction of sp³-hybridized carbons (Fsp3) is 0. The van der Waals surface area contributed by atoms with E-state index in [4.69, 9.17) is 9.15 Å². The number of rotatable bonds is 4. The molecule has 1 amide bonds. The quantitative estimate of drug-likeness (QED) is 0.587. The molecule has 0 bridgehead atoms. The van der Waals surface area contributed by atoms with Gasteiger partial charge in [-0.1, -0.05) is 6.07 Å².